The van der Waals surface area contributed by atoms with E-state index in [1.165, 1.54) is 0 Å². The van der Waals surface area contributed by atoms with Gasteiger partial charge in [0.15, 0.2) is 0 Å². The predicted octanol–water partition coefficient (Wildman–Crippen LogP) is 1.86. The van der Waals surface area contributed by atoms with E-state index >= 15 is 0 Å². The van der Waals surface area contributed by atoms with Crippen LogP contribution in [0.5, 0.6) is 0 Å². The standard InChI is InChI=1S/C12H18N2O2/c1-5-16-11(15)12(2,3)14(4)10-6-8-13-9-7-10/h6-9H,5H2,1-4H3. The minimum Gasteiger partial charge on any atom is -0.464 e. The van der Waals surface area contributed by atoms with E-state index in [1.54, 1.807) is 19.3 Å². The summed E-state index contributed by atoms with van der Waals surface area (Å²) in [7, 11) is 1.87. The van der Waals surface area contributed by atoms with Crippen LogP contribution >= 0.6 is 0 Å². The van der Waals surface area contributed by atoms with E-state index < -0.39 is 5.54 Å². The molecule has 0 N–H and O–H groups in total. The molecule has 0 saturated heterocycles. The van der Waals surface area contributed by atoms with Crippen LogP contribution in [0.15, 0.2) is 24.5 Å². The van der Waals surface area contributed by atoms with Crippen LogP contribution in [0.3, 0.4) is 0 Å². The maximum atomic E-state index is 11.8. The number of nitrogens with zero attached hydrogens (tertiary/aromatic N) is 2. The number of carbonyl (C=O) groups is 1. The fourth-order valence-corrected chi connectivity index (χ4v) is 1.34. The van der Waals surface area contributed by atoms with E-state index in [2.05, 4.69) is 4.98 Å². The molecular formula is C12H18N2O2. The van der Waals surface area contributed by atoms with E-state index in [0.29, 0.717) is 6.61 Å². The maximum absolute atomic E-state index is 11.8. The third-order valence-electron chi connectivity index (χ3n) is 2.66. The Balaban J connectivity index is 2.87. The van der Waals surface area contributed by atoms with Crippen LogP contribution in [0.25, 0.3) is 0 Å². The molecule has 4 heteroatoms. The van der Waals surface area contributed by atoms with Crippen molar-refractivity contribution in [2.24, 2.45) is 0 Å². The molecule has 0 aliphatic rings. The first-order valence-electron chi connectivity index (χ1n) is 5.31. The number of pyridine rings is 1. The van der Waals surface area contributed by atoms with Gasteiger partial charge < -0.3 is 9.64 Å². The van der Waals surface area contributed by atoms with Gasteiger partial charge in [0, 0.05) is 25.1 Å². The van der Waals surface area contributed by atoms with Gasteiger partial charge in [0.2, 0.25) is 0 Å². The molecule has 1 heterocycles. The molecule has 0 aliphatic carbocycles. The van der Waals surface area contributed by atoms with Gasteiger partial charge >= 0.3 is 5.97 Å². The third-order valence-corrected chi connectivity index (χ3v) is 2.66. The van der Waals surface area contributed by atoms with Gasteiger partial charge in [0.1, 0.15) is 5.54 Å². The summed E-state index contributed by atoms with van der Waals surface area (Å²) in [5.41, 5.74) is 0.255. The van der Waals surface area contributed by atoms with Crippen LogP contribution in [-0.4, -0.2) is 30.1 Å². The molecule has 4 nitrogen and oxygen atoms in total. The molecule has 0 atom stereocenters. The Morgan fingerprint density at radius 2 is 2.00 bits per heavy atom. The van der Waals surface area contributed by atoms with Crippen LogP contribution in [0, 0.1) is 0 Å². The van der Waals surface area contributed by atoms with Crippen LogP contribution in [-0.2, 0) is 9.53 Å². The van der Waals surface area contributed by atoms with Crippen molar-refractivity contribution in [1.82, 2.24) is 4.98 Å². The van der Waals surface area contributed by atoms with Gasteiger partial charge in [-0.2, -0.15) is 0 Å². The highest BCUT2D eigenvalue weighted by Gasteiger charge is 2.33. The highest BCUT2D eigenvalue weighted by Crippen LogP contribution is 2.22. The average molecular weight is 222 g/mol. The van der Waals surface area contributed by atoms with Crippen LogP contribution in [0.4, 0.5) is 5.69 Å². The van der Waals surface area contributed by atoms with E-state index in [0.717, 1.165) is 5.69 Å². The Bertz CT molecular complexity index is 349. The molecule has 0 unspecified atom stereocenters. The highest BCUT2D eigenvalue weighted by atomic mass is 16.5. The van der Waals surface area contributed by atoms with Crippen molar-refractivity contribution in [3.63, 3.8) is 0 Å². The van der Waals surface area contributed by atoms with Gasteiger partial charge in [-0.25, -0.2) is 4.79 Å². The third kappa shape index (κ3) is 2.51. The summed E-state index contributed by atoms with van der Waals surface area (Å²) >= 11 is 0. The largest absolute Gasteiger partial charge is 0.464 e. The quantitative estimate of drug-likeness (QED) is 0.729. The summed E-state index contributed by atoms with van der Waals surface area (Å²) in [4.78, 5) is 17.6. The molecule has 0 fully saturated rings. The van der Waals surface area contributed by atoms with Crippen LogP contribution < -0.4 is 4.90 Å². The van der Waals surface area contributed by atoms with Gasteiger partial charge in [-0.15, -0.1) is 0 Å². The zero-order chi connectivity index (χ0) is 12.2. The second-order valence-electron chi connectivity index (χ2n) is 4.04. The summed E-state index contributed by atoms with van der Waals surface area (Å²) < 4.78 is 5.05. The molecule has 1 aromatic heterocycles. The molecular weight excluding hydrogens is 204 g/mol. The van der Waals surface area contributed by atoms with Gasteiger partial charge in [-0.1, -0.05) is 0 Å². The smallest absolute Gasteiger partial charge is 0.331 e. The molecule has 0 aliphatic heterocycles. The molecule has 0 aromatic carbocycles. The number of ether oxygens (including phenoxy) is 1. The van der Waals surface area contributed by atoms with Crippen molar-refractivity contribution in [2.45, 2.75) is 26.3 Å². The van der Waals surface area contributed by atoms with E-state index in [1.807, 2.05) is 37.9 Å². The Morgan fingerprint density at radius 3 is 2.50 bits per heavy atom. The Morgan fingerprint density at radius 1 is 1.44 bits per heavy atom. The number of hydrogen-bond donors (Lipinski definition) is 0. The Hall–Kier alpha value is -1.58. The van der Waals surface area contributed by atoms with Gasteiger partial charge in [-0.3, -0.25) is 4.98 Å². The zero-order valence-corrected chi connectivity index (χ0v) is 10.2. The molecule has 1 rings (SSSR count). The number of likely N-dealkylation sites (N-methyl/N-ethyl adjacent to an activating group) is 1. The zero-order valence-electron chi connectivity index (χ0n) is 10.2. The Kier molecular flexibility index (Phi) is 3.88. The average Bonchev–Trinajstić information content (AvgIpc) is 2.29. The lowest BCUT2D eigenvalue weighted by atomic mass is 10.0. The minimum absolute atomic E-state index is 0.227. The highest BCUT2D eigenvalue weighted by molar-refractivity contribution is 5.84. The summed E-state index contributed by atoms with van der Waals surface area (Å²) in [6.45, 7) is 5.88. The fourth-order valence-electron chi connectivity index (χ4n) is 1.34. The molecule has 88 valence electrons. The van der Waals surface area contributed by atoms with E-state index in [9.17, 15) is 4.79 Å². The summed E-state index contributed by atoms with van der Waals surface area (Å²) in [6.07, 6.45) is 3.40. The summed E-state index contributed by atoms with van der Waals surface area (Å²) in [5, 5.41) is 0. The molecule has 1 aromatic rings. The lowest BCUT2D eigenvalue weighted by molar-refractivity contribution is -0.148. The van der Waals surface area contributed by atoms with Crippen LogP contribution in [0.1, 0.15) is 20.8 Å². The molecule has 0 bridgehead atoms. The van der Waals surface area contributed by atoms with Crippen molar-refractivity contribution in [2.75, 3.05) is 18.6 Å². The predicted molar refractivity (Wildman–Crippen MR) is 63.4 cm³/mol. The van der Waals surface area contributed by atoms with E-state index in [-0.39, 0.29) is 5.97 Å². The topological polar surface area (TPSA) is 42.4 Å². The van der Waals surface area contributed by atoms with Crippen molar-refractivity contribution >= 4 is 11.7 Å². The number of aromatic nitrogens is 1. The second kappa shape index (κ2) is 4.96. The van der Waals surface area contributed by atoms with Crippen molar-refractivity contribution in [1.29, 1.82) is 0 Å². The number of esters is 1. The first-order chi connectivity index (χ1) is 7.50. The summed E-state index contributed by atoms with van der Waals surface area (Å²) in [6, 6.07) is 3.72. The molecule has 16 heavy (non-hydrogen) atoms. The normalized spacial score (nSPS) is 11.0. The first-order valence-corrected chi connectivity index (χ1v) is 5.31. The van der Waals surface area contributed by atoms with Crippen LogP contribution in [0.2, 0.25) is 0 Å². The molecule has 0 spiro atoms. The lowest BCUT2D eigenvalue weighted by Crippen LogP contribution is -2.49. The monoisotopic (exact) mass is 222 g/mol. The maximum Gasteiger partial charge on any atom is 0.331 e. The molecule has 0 saturated carbocycles. The number of carbonyl (C=O) groups excluding carboxylic acids is 1. The molecule has 0 amide bonds. The lowest BCUT2D eigenvalue weighted by Gasteiger charge is -2.34. The van der Waals surface area contributed by atoms with Crippen molar-refractivity contribution < 1.29 is 9.53 Å². The number of rotatable bonds is 4. The SMILES string of the molecule is CCOC(=O)C(C)(C)N(C)c1ccncc1. The van der Waals surface area contributed by atoms with Crippen molar-refractivity contribution in [3.8, 4) is 0 Å². The molecule has 0 radical (unpaired) electrons. The first kappa shape index (κ1) is 12.5. The minimum atomic E-state index is -0.683. The number of hydrogen-bond acceptors (Lipinski definition) is 4. The van der Waals surface area contributed by atoms with Gasteiger partial charge in [0.25, 0.3) is 0 Å². The van der Waals surface area contributed by atoms with Crippen molar-refractivity contribution in [3.05, 3.63) is 24.5 Å². The number of anilines is 1. The Labute approximate surface area is 96.2 Å². The van der Waals surface area contributed by atoms with E-state index in [4.69, 9.17) is 4.74 Å². The summed E-state index contributed by atoms with van der Waals surface area (Å²) in [5.74, 6) is -0.227. The van der Waals surface area contributed by atoms with Gasteiger partial charge in [0.05, 0.1) is 6.61 Å². The second-order valence-corrected chi connectivity index (χ2v) is 4.04. The van der Waals surface area contributed by atoms with Gasteiger partial charge in [-0.05, 0) is 32.9 Å². The fraction of sp³-hybridized carbons (Fsp3) is 0.500.